The summed E-state index contributed by atoms with van der Waals surface area (Å²) in [4.78, 5) is 11.9. The van der Waals surface area contributed by atoms with Crippen molar-refractivity contribution in [3.63, 3.8) is 0 Å². The lowest BCUT2D eigenvalue weighted by atomic mass is 10.2. The van der Waals surface area contributed by atoms with E-state index in [1.165, 1.54) is 24.5 Å². The van der Waals surface area contributed by atoms with E-state index < -0.39 is 33.0 Å². The van der Waals surface area contributed by atoms with Gasteiger partial charge in [0, 0.05) is 17.1 Å². The second-order valence-corrected chi connectivity index (χ2v) is 8.16. The van der Waals surface area contributed by atoms with Crippen molar-refractivity contribution in [3.8, 4) is 0 Å². The standard InChI is InChI=1S/C13H14BrFO4S/c1-20(17,18)10-4-3-9(7-10)19-13(16)11-6-8(14)2-5-12(11)15/h2,5-6,9-10H,3-4,7H2,1H3/t9-,10+/m1/s1. The van der Waals surface area contributed by atoms with Gasteiger partial charge in [0.05, 0.1) is 10.8 Å². The fraction of sp³-hybridized carbons (Fsp3) is 0.462. The number of sulfone groups is 1. The van der Waals surface area contributed by atoms with E-state index in [4.69, 9.17) is 4.74 Å². The summed E-state index contributed by atoms with van der Waals surface area (Å²) in [6.45, 7) is 0. The molecule has 1 aliphatic carbocycles. The van der Waals surface area contributed by atoms with Crippen LogP contribution in [-0.2, 0) is 14.6 Å². The summed E-state index contributed by atoms with van der Waals surface area (Å²) in [5.41, 5.74) is -0.151. The lowest BCUT2D eigenvalue weighted by Gasteiger charge is -2.12. The highest BCUT2D eigenvalue weighted by molar-refractivity contribution is 9.10. The van der Waals surface area contributed by atoms with Gasteiger partial charge in [-0.25, -0.2) is 17.6 Å². The average Bonchev–Trinajstić information content (AvgIpc) is 2.80. The van der Waals surface area contributed by atoms with E-state index in [1.54, 1.807) is 0 Å². The molecule has 7 heteroatoms. The maximum atomic E-state index is 13.5. The Bertz CT molecular complexity index is 629. The quantitative estimate of drug-likeness (QED) is 0.773. The Kier molecular flexibility index (Phi) is 4.49. The van der Waals surface area contributed by atoms with Crippen LogP contribution in [0.25, 0.3) is 0 Å². The van der Waals surface area contributed by atoms with Gasteiger partial charge < -0.3 is 4.74 Å². The van der Waals surface area contributed by atoms with Crippen LogP contribution in [0.4, 0.5) is 4.39 Å². The highest BCUT2D eigenvalue weighted by Gasteiger charge is 2.34. The molecule has 20 heavy (non-hydrogen) atoms. The molecule has 1 aliphatic rings. The summed E-state index contributed by atoms with van der Waals surface area (Å²) in [7, 11) is -3.12. The summed E-state index contributed by atoms with van der Waals surface area (Å²) in [6, 6.07) is 4.01. The van der Waals surface area contributed by atoms with Crippen LogP contribution in [0.5, 0.6) is 0 Å². The van der Waals surface area contributed by atoms with Gasteiger partial charge in [-0.3, -0.25) is 0 Å². The van der Waals surface area contributed by atoms with Gasteiger partial charge in [-0.15, -0.1) is 0 Å². The normalized spacial score (nSPS) is 22.8. The van der Waals surface area contributed by atoms with Crippen LogP contribution < -0.4 is 0 Å². The van der Waals surface area contributed by atoms with Crippen molar-refractivity contribution in [1.29, 1.82) is 0 Å². The van der Waals surface area contributed by atoms with Crippen molar-refractivity contribution >= 4 is 31.7 Å². The Hall–Kier alpha value is -0.950. The lowest BCUT2D eigenvalue weighted by Crippen LogP contribution is -2.20. The lowest BCUT2D eigenvalue weighted by molar-refractivity contribution is 0.0313. The smallest absolute Gasteiger partial charge is 0.341 e. The minimum absolute atomic E-state index is 0.151. The van der Waals surface area contributed by atoms with E-state index >= 15 is 0 Å². The predicted octanol–water partition coefficient (Wildman–Crippen LogP) is 2.71. The first-order valence-corrected chi connectivity index (χ1v) is 8.87. The molecule has 1 aromatic rings. The number of esters is 1. The zero-order chi connectivity index (χ0) is 14.9. The molecule has 0 saturated heterocycles. The van der Waals surface area contributed by atoms with E-state index in [-0.39, 0.29) is 12.0 Å². The summed E-state index contributed by atoms with van der Waals surface area (Å²) in [5, 5.41) is -0.479. The minimum atomic E-state index is -3.12. The van der Waals surface area contributed by atoms with Crippen LogP contribution in [0, 0.1) is 5.82 Å². The molecule has 0 aliphatic heterocycles. The van der Waals surface area contributed by atoms with Crippen LogP contribution in [0.1, 0.15) is 29.6 Å². The van der Waals surface area contributed by atoms with Gasteiger partial charge in [0.2, 0.25) is 0 Å². The number of hydrogen-bond donors (Lipinski definition) is 0. The van der Waals surface area contributed by atoms with Crippen molar-refractivity contribution in [3.05, 3.63) is 34.1 Å². The summed E-state index contributed by atoms with van der Waals surface area (Å²) < 4.78 is 42.2. The molecule has 1 aromatic carbocycles. The third kappa shape index (κ3) is 3.58. The highest BCUT2D eigenvalue weighted by atomic mass is 79.9. The summed E-state index contributed by atoms with van der Waals surface area (Å²) in [6.07, 6.45) is 1.94. The Morgan fingerprint density at radius 2 is 2.10 bits per heavy atom. The van der Waals surface area contributed by atoms with Crippen LogP contribution >= 0.6 is 15.9 Å². The summed E-state index contributed by atoms with van der Waals surface area (Å²) >= 11 is 3.16. The molecular weight excluding hydrogens is 351 g/mol. The van der Waals surface area contributed by atoms with Crippen molar-refractivity contribution < 1.29 is 22.3 Å². The second kappa shape index (κ2) is 5.81. The third-order valence-electron chi connectivity index (χ3n) is 3.36. The van der Waals surface area contributed by atoms with Crippen LogP contribution in [0.2, 0.25) is 0 Å². The van der Waals surface area contributed by atoms with E-state index in [1.807, 2.05) is 0 Å². The molecule has 0 heterocycles. The first-order valence-electron chi connectivity index (χ1n) is 6.12. The largest absolute Gasteiger partial charge is 0.459 e. The first-order chi connectivity index (χ1) is 9.27. The van der Waals surface area contributed by atoms with Crippen molar-refractivity contribution in [2.45, 2.75) is 30.6 Å². The molecule has 2 atom stereocenters. The molecular formula is C13H14BrFO4S. The van der Waals surface area contributed by atoms with E-state index in [2.05, 4.69) is 15.9 Å². The number of benzene rings is 1. The Balaban J connectivity index is 2.05. The van der Waals surface area contributed by atoms with Crippen LogP contribution in [0.15, 0.2) is 22.7 Å². The minimum Gasteiger partial charge on any atom is -0.459 e. The predicted molar refractivity (Wildman–Crippen MR) is 75.8 cm³/mol. The molecule has 1 saturated carbocycles. The van der Waals surface area contributed by atoms with Gasteiger partial charge in [-0.1, -0.05) is 15.9 Å². The fourth-order valence-corrected chi connectivity index (χ4v) is 3.75. The highest BCUT2D eigenvalue weighted by Crippen LogP contribution is 2.28. The zero-order valence-corrected chi connectivity index (χ0v) is 13.2. The Morgan fingerprint density at radius 3 is 2.70 bits per heavy atom. The molecule has 0 bridgehead atoms. The first kappa shape index (κ1) is 15.4. The Labute approximate surface area is 125 Å². The van der Waals surface area contributed by atoms with E-state index in [0.717, 1.165) is 0 Å². The number of ether oxygens (including phenoxy) is 1. The number of halogens is 2. The molecule has 0 amide bonds. The van der Waals surface area contributed by atoms with Gasteiger partial charge in [-0.2, -0.15) is 0 Å². The molecule has 2 rings (SSSR count). The van der Waals surface area contributed by atoms with Crippen molar-refractivity contribution in [1.82, 2.24) is 0 Å². The van der Waals surface area contributed by atoms with Gasteiger partial charge in [0.15, 0.2) is 0 Å². The maximum absolute atomic E-state index is 13.5. The van der Waals surface area contributed by atoms with Crippen LogP contribution in [-0.4, -0.2) is 32.0 Å². The molecule has 0 N–H and O–H groups in total. The zero-order valence-electron chi connectivity index (χ0n) is 10.8. The number of hydrogen-bond acceptors (Lipinski definition) is 4. The Morgan fingerprint density at radius 1 is 1.40 bits per heavy atom. The molecule has 4 nitrogen and oxygen atoms in total. The molecule has 0 radical (unpaired) electrons. The number of carbonyl (C=O) groups excluding carboxylic acids is 1. The second-order valence-electron chi connectivity index (χ2n) is 4.92. The molecule has 110 valence electrons. The molecule has 1 fully saturated rings. The fourth-order valence-electron chi connectivity index (χ4n) is 2.27. The van der Waals surface area contributed by atoms with Crippen molar-refractivity contribution in [2.24, 2.45) is 0 Å². The average molecular weight is 365 g/mol. The number of rotatable bonds is 3. The topological polar surface area (TPSA) is 60.4 Å². The van der Waals surface area contributed by atoms with Gasteiger partial charge >= 0.3 is 5.97 Å². The maximum Gasteiger partial charge on any atom is 0.341 e. The number of carbonyl (C=O) groups is 1. The molecule has 0 aromatic heterocycles. The van der Waals surface area contributed by atoms with Crippen LogP contribution in [0.3, 0.4) is 0 Å². The molecule has 0 unspecified atom stereocenters. The van der Waals surface area contributed by atoms with Gasteiger partial charge in [0.1, 0.15) is 21.8 Å². The third-order valence-corrected chi connectivity index (χ3v) is 5.50. The monoisotopic (exact) mass is 364 g/mol. The van der Waals surface area contributed by atoms with E-state index in [0.29, 0.717) is 17.3 Å². The summed E-state index contributed by atoms with van der Waals surface area (Å²) in [5.74, 6) is -1.42. The van der Waals surface area contributed by atoms with Gasteiger partial charge in [-0.05, 0) is 31.0 Å². The molecule has 0 spiro atoms. The van der Waals surface area contributed by atoms with E-state index in [9.17, 15) is 17.6 Å². The SMILES string of the molecule is CS(=O)(=O)[C@H]1CC[C@@H](OC(=O)c2cc(Br)ccc2F)C1. The van der Waals surface area contributed by atoms with Crippen molar-refractivity contribution in [2.75, 3.05) is 6.26 Å². The van der Waals surface area contributed by atoms with Gasteiger partial charge in [0.25, 0.3) is 0 Å².